The van der Waals surface area contributed by atoms with E-state index < -0.39 is 16.0 Å². The van der Waals surface area contributed by atoms with Crippen molar-refractivity contribution in [2.45, 2.75) is 25.3 Å². The van der Waals surface area contributed by atoms with Crippen LogP contribution in [0.1, 0.15) is 26.2 Å². The van der Waals surface area contributed by atoms with Crippen LogP contribution in [0.4, 0.5) is 0 Å². The van der Waals surface area contributed by atoms with Gasteiger partial charge in [-0.25, -0.2) is 22.9 Å². The molecule has 0 amide bonds. The second-order valence-corrected chi connectivity index (χ2v) is 7.02. The molecule has 0 fully saturated rings. The van der Waals surface area contributed by atoms with Gasteiger partial charge in [-0.15, -0.1) is 11.3 Å². The minimum atomic E-state index is -3.80. The zero-order valence-electron chi connectivity index (χ0n) is 10.7. The van der Waals surface area contributed by atoms with Crippen molar-refractivity contribution in [3.8, 4) is 0 Å². The molecular weight excluding hydrogens is 304 g/mol. The Morgan fingerprint density at radius 3 is 2.70 bits per heavy atom. The van der Waals surface area contributed by atoms with E-state index in [4.69, 9.17) is 9.52 Å². The Kier molecular flexibility index (Phi) is 3.93. The van der Waals surface area contributed by atoms with E-state index in [1.54, 1.807) is 13.8 Å². The molecule has 0 radical (unpaired) electrons. The number of nitrogens with zero attached hydrogens (tertiary/aromatic N) is 1. The molecule has 0 unspecified atom stereocenters. The highest BCUT2D eigenvalue weighted by molar-refractivity contribution is 7.89. The molecule has 0 bridgehead atoms. The maximum Gasteiger partial charge on any atom is 0.345 e. The molecule has 2 rings (SSSR count). The smallest absolute Gasteiger partial charge is 0.345 e. The van der Waals surface area contributed by atoms with Gasteiger partial charge in [-0.3, -0.25) is 0 Å². The van der Waals surface area contributed by atoms with E-state index in [1.807, 2.05) is 0 Å². The summed E-state index contributed by atoms with van der Waals surface area (Å²) in [6.07, 6.45) is 1.49. The number of sulfonamides is 1. The molecule has 2 aromatic heterocycles. The van der Waals surface area contributed by atoms with Crippen molar-refractivity contribution in [2.24, 2.45) is 0 Å². The predicted octanol–water partition coefficient (Wildman–Crippen LogP) is 1.53. The van der Waals surface area contributed by atoms with Gasteiger partial charge in [-0.05, 0) is 19.9 Å². The van der Waals surface area contributed by atoms with Crippen LogP contribution in [-0.4, -0.2) is 24.5 Å². The van der Waals surface area contributed by atoms with Crippen molar-refractivity contribution in [1.82, 2.24) is 9.71 Å². The number of hydrogen-bond donors (Lipinski definition) is 2. The standard InChI is InChI=1S/C11H12N2O5S2/c1-6-4-12-10(18-6)5-13-20(16,17)9-3-8(11(14)15)19-7(9)2/h3-4,13H,5H2,1-2H3,(H,14,15). The van der Waals surface area contributed by atoms with Crippen LogP contribution >= 0.6 is 11.3 Å². The van der Waals surface area contributed by atoms with Crippen molar-refractivity contribution in [3.63, 3.8) is 0 Å². The van der Waals surface area contributed by atoms with Crippen molar-refractivity contribution >= 4 is 27.3 Å². The Bertz CT molecular complexity index is 745. The Labute approximate surface area is 119 Å². The third kappa shape index (κ3) is 3.06. The molecule has 7 nitrogen and oxygen atoms in total. The lowest BCUT2D eigenvalue weighted by molar-refractivity contribution is 0.0702. The summed E-state index contributed by atoms with van der Waals surface area (Å²) in [5.41, 5.74) is 0. The van der Waals surface area contributed by atoms with Crippen molar-refractivity contribution in [3.05, 3.63) is 33.7 Å². The van der Waals surface area contributed by atoms with E-state index in [-0.39, 0.29) is 22.2 Å². The second kappa shape index (κ2) is 5.35. The van der Waals surface area contributed by atoms with E-state index in [2.05, 4.69) is 9.71 Å². The first-order valence-corrected chi connectivity index (χ1v) is 7.84. The SMILES string of the molecule is Cc1cnc(CNS(=O)(=O)c2cc(C(=O)O)sc2C)o1. The number of carboxylic acids is 1. The molecule has 108 valence electrons. The summed E-state index contributed by atoms with van der Waals surface area (Å²) in [6.45, 7) is 3.17. The van der Waals surface area contributed by atoms with Gasteiger partial charge >= 0.3 is 5.97 Å². The molecule has 0 aliphatic carbocycles. The molecule has 0 spiro atoms. The summed E-state index contributed by atoms with van der Waals surface area (Å²) in [6, 6.07) is 1.14. The minimum Gasteiger partial charge on any atom is -0.477 e. The molecule has 0 atom stereocenters. The average Bonchev–Trinajstić information content (AvgIpc) is 2.93. The summed E-state index contributed by atoms with van der Waals surface area (Å²) in [4.78, 5) is 15.1. The van der Waals surface area contributed by atoms with Crippen LogP contribution < -0.4 is 4.72 Å². The molecule has 2 aromatic rings. The Hall–Kier alpha value is -1.71. The van der Waals surface area contributed by atoms with Crippen molar-refractivity contribution in [1.29, 1.82) is 0 Å². The third-order valence-electron chi connectivity index (χ3n) is 2.46. The Morgan fingerprint density at radius 1 is 1.50 bits per heavy atom. The fourth-order valence-electron chi connectivity index (χ4n) is 1.56. The van der Waals surface area contributed by atoms with Gasteiger partial charge in [0, 0.05) is 4.88 Å². The Morgan fingerprint density at radius 2 is 2.20 bits per heavy atom. The Balaban J connectivity index is 2.20. The molecule has 2 heterocycles. The number of carbonyl (C=O) groups is 1. The first-order chi connectivity index (χ1) is 9.29. The lowest BCUT2D eigenvalue weighted by Gasteiger charge is -2.03. The second-order valence-electron chi connectivity index (χ2n) is 4.03. The number of rotatable bonds is 5. The van der Waals surface area contributed by atoms with Gasteiger partial charge in [0.2, 0.25) is 15.9 Å². The first kappa shape index (κ1) is 14.7. The van der Waals surface area contributed by atoms with E-state index in [0.29, 0.717) is 10.6 Å². The molecule has 0 saturated heterocycles. The van der Waals surface area contributed by atoms with Crippen molar-refractivity contribution in [2.75, 3.05) is 0 Å². The highest BCUT2D eigenvalue weighted by Crippen LogP contribution is 2.25. The van der Waals surface area contributed by atoms with E-state index in [0.717, 1.165) is 17.4 Å². The van der Waals surface area contributed by atoms with Gasteiger partial charge < -0.3 is 9.52 Å². The number of nitrogens with one attached hydrogen (secondary N) is 1. The number of oxazole rings is 1. The number of aromatic nitrogens is 1. The zero-order chi connectivity index (χ0) is 14.9. The summed E-state index contributed by atoms with van der Waals surface area (Å²) in [5, 5.41) is 8.87. The monoisotopic (exact) mass is 316 g/mol. The predicted molar refractivity (Wildman–Crippen MR) is 71.3 cm³/mol. The normalized spacial score (nSPS) is 11.7. The topological polar surface area (TPSA) is 110 Å². The van der Waals surface area contributed by atoms with Gasteiger partial charge in [-0.2, -0.15) is 0 Å². The van der Waals surface area contributed by atoms with Crippen LogP contribution in [0.15, 0.2) is 21.6 Å². The average molecular weight is 316 g/mol. The fourth-order valence-corrected chi connectivity index (χ4v) is 3.96. The lowest BCUT2D eigenvalue weighted by atomic mass is 10.4. The third-order valence-corrected chi connectivity index (χ3v) is 5.15. The van der Waals surface area contributed by atoms with Crippen LogP contribution in [0, 0.1) is 13.8 Å². The molecule has 0 aliphatic heterocycles. The van der Waals surface area contributed by atoms with Crippen LogP contribution in [0.2, 0.25) is 0 Å². The largest absolute Gasteiger partial charge is 0.477 e. The maximum atomic E-state index is 12.1. The first-order valence-electron chi connectivity index (χ1n) is 5.54. The van der Waals surface area contributed by atoms with E-state index >= 15 is 0 Å². The van der Waals surface area contributed by atoms with Gasteiger partial charge in [0.1, 0.15) is 10.6 Å². The lowest BCUT2D eigenvalue weighted by Crippen LogP contribution is -2.23. The van der Waals surface area contributed by atoms with E-state index in [9.17, 15) is 13.2 Å². The van der Waals surface area contributed by atoms with Crippen LogP contribution in [0.5, 0.6) is 0 Å². The quantitative estimate of drug-likeness (QED) is 0.865. The molecule has 0 saturated carbocycles. The number of hydrogen-bond acceptors (Lipinski definition) is 6. The van der Waals surface area contributed by atoms with Gasteiger partial charge in [0.25, 0.3) is 0 Å². The van der Waals surface area contributed by atoms with Crippen LogP contribution in [-0.2, 0) is 16.6 Å². The summed E-state index contributed by atoms with van der Waals surface area (Å²) < 4.78 is 31.7. The van der Waals surface area contributed by atoms with Gasteiger partial charge in [0.05, 0.1) is 17.6 Å². The molecule has 20 heavy (non-hydrogen) atoms. The molecule has 0 aromatic carbocycles. The minimum absolute atomic E-state index is 0.0187. The molecular formula is C11H12N2O5S2. The van der Waals surface area contributed by atoms with Crippen LogP contribution in [0.25, 0.3) is 0 Å². The van der Waals surface area contributed by atoms with E-state index in [1.165, 1.54) is 6.20 Å². The molecule has 0 aliphatic rings. The summed E-state index contributed by atoms with van der Waals surface area (Å²) in [7, 11) is -3.80. The summed E-state index contributed by atoms with van der Waals surface area (Å²) >= 11 is 0.917. The molecule has 9 heteroatoms. The maximum absolute atomic E-state index is 12.1. The fraction of sp³-hybridized carbons (Fsp3) is 0.273. The molecule has 2 N–H and O–H groups in total. The zero-order valence-corrected chi connectivity index (χ0v) is 12.3. The van der Waals surface area contributed by atoms with Crippen molar-refractivity contribution < 1.29 is 22.7 Å². The highest BCUT2D eigenvalue weighted by Gasteiger charge is 2.22. The van der Waals surface area contributed by atoms with Gasteiger partial charge in [0.15, 0.2) is 0 Å². The highest BCUT2D eigenvalue weighted by atomic mass is 32.2. The van der Waals surface area contributed by atoms with Crippen LogP contribution in [0.3, 0.4) is 0 Å². The van der Waals surface area contributed by atoms with Gasteiger partial charge in [-0.1, -0.05) is 0 Å². The number of aromatic carboxylic acids is 1. The number of thiophene rings is 1. The number of carboxylic acid groups (broad SMARTS) is 1. The number of aryl methyl sites for hydroxylation is 2. The summed E-state index contributed by atoms with van der Waals surface area (Å²) in [5.74, 6) is -0.320.